The summed E-state index contributed by atoms with van der Waals surface area (Å²) < 4.78 is 6.12. The fourth-order valence-electron chi connectivity index (χ4n) is 6.10. The first-order valence-corrected chi connectivity index (χ1v) is 9.31. The molecule has 1 saturated carbocycles. The highest BCUT2D eigenvalue weighted by atomic mass is 16.5. The van der Waals surface area contributed by atoms with E-state index in [0.717, 1.165) is 32.4 Å². The number of piperidine rings is 1. The van der Waals surface area contributed by atoms with Crippen LogP contribution in [-0.2, 0) is 16.6 Å². The molecule has 0 amide bonds. The Labute approximate surface area is 142 Å². The Kier molecular flexibility index (Phi) is 2.92. The number of ether oxygens (including phenoxy) is 1. The van der Waals surface area contributed by atoms with E-state index in [2.05, 4.69) is 24.8 Å². The number of hydrogen-bond donors (Lipinski definition) is 1. The van der Waals surface area contributed by atoms with Crippen molar-refractivity contribution in [2.75, 3.05) is 13.1 Å². The van der Waals surface area contributed by atoms with Gasteiger partial charge in [-0.1, -0.05) is 19.9 Å². The molecular formula is C20H25NO3. The van der Waals surface area contributed by atoms with E-state index in [1.807, 2.05) is 0 Å². The minimum Gasteiger partial charge on any atom is -0.504 e. The molecule has 2 fully saturated rings. The third-order valence-electron chi connectivity index (χ3n) is 6.82. The maximum atomic E-state index is 12.7. The monoisotopic (exact) mass is 327 g/mol. The molecule has 1 N–H and O–H groups in total. The zero-order valence-corrected chi connectivity index (χ0v) is 14.4. The van der Waals surface area contributed by atoms with Gasteiger partial charge in [-0.3, -0.25) is 9.69 Å². The second-order valence-electron chi connectivity index (χ2n) is 8.51. The third kappa shape index (κ3) is 1.65. The Balaban J connectivity index is 1.69. The molecule has 1 aromatic carbocycles. The smallest absolute Gasteiger partial charge is 0.174 e. The number of carbonyl (C=O) groups is 1. The van der Waals surface area contributed by atoms with Gasteiger partial charge in [-0.2, -0.15) is 0 Å². The number of nitrogens with zero attached hydrogens (tertiary/aromatic N) is 1. The van der Waals surface area contributed by atoms with Crippen LogP contribution in [-0.4, -0.2) is 41.0 Å². The molecule has 1 spiro atoms. The minimum absolute atomic E-state index is 0.185. The Bertz CT molecular complexity index is 728. The molecule has 4 atom stereocenters. The molecule has 0 aromatic heterocycles. The third-order valence-corrected chi connectivity index (χ3v) is 6.82. The van der Waals surface area contributed by atoms with Gasteiger partial charge in [0.2, 0.25) is 0 Å². The van der Waals surface area contributed by atoms with Gasteiger partial charge in [0.25, 0.3) is 0 Å². The lowest BCUT2D eigenvalue weighted by molar-refractivity contribution is -0.139. The average molecular weight is 327 g/mol. The molecule has 0 unspecified atom stereocenters. The van der Waals surface area contributed by atoms with Crippen LogP contribution in [0.5, 0.6) is 11.5 Å². The predicted octanol–water partition coefficient (Wildman–Crippen LogP) is 2.66. The summed E-state index contributed by atoms with van der Waals surface area (Å²) in [6.45, 7) is 6.71. The fraction of sp³-hybridized carbons (Fsp3) is 0.650. The van der Waals surface area contributed by atoms with E-state index < -0.39 is 0 Å². The zero-order chi connectivity index (χ0) is 16.6. The van der Waals surface area contributed by atoms with Crippen LogP contribution < -0.4 is 4.74 Å². The number of hydrogen-bond acceptors (Lipinski definition) is 4. The number of carbonyl (C=O) groups excluding carboxylic acids is 1. The van der Waals surface area contributed by atoms with Gasteiger partial charge in [0.15, 0.2) is 23.4 Å². The van der Waals surface area contributed by atoms with Crippen molar-refractivity contribution in [2.24, 2.45) is 11.8 Å². The normalized spacial score (nSPS) is 36.6. The number of likely N-dealkylation sites (tertiary alicyclic amines) is 1. The molecule has 128 valence electrons. The highest BCUT2D eigenvalue weighted by Gasteiger charge is 2.65. The van der Waals surface area contributed by atoms with E-state index in [9.17, 15) is 9.90 Å². The van der Waals surface area contributed by atoms with Crippen LogP contribution in [0, 0.1) is 11.8 Å². The summed E-state index contributed by atoms with van der Waals surface area (Å²) in [7, 11) is 0. The summed E-state index contributed by atoms with van der Waals surface area (Å²) in [5, 5.41) is 10.3. The Morgan fingerprint density at radius 2 is 2.25 bits per heavy atom. The van der Waals surface area contributed by atoms with Crippen molar-refractivity contribution >= 4 is 5.78 Å². The van der Waals surface area contributed by atoms with Crippen LogP contribution in [0.3, 0.4) is 0 Å². The van der Waals surface area contributed by atoms with Gasteiger partial charge >= 0.3 is 0 Å². The largest absolute Gasteiger partial charge is 0.504 e. The SMILES string of the molecule is CC(C)CN1CC[C@]23c4c5ccc(O)c4O[C@H]2C(=O)CC[C@H]3[C@H]1C5. The van der Waals surface area contributed by atoms with Crippen molar-refractivity contribution in [2.45, 2.75) is 57.1 Å². The van der Waals surface area contributed by atoms with Crippen LogP contribution in [0.1, 0.15) is 44.2 Å². The topological polar surface area (TPSA) is 49.8 Å². The van der Waals surface area contributed by atoms with E-state index in [1.165, 1.54) is 11.1 Å². The lowest BCUT2D eigenvalue weighted by atomic mass is 9.51. The molecule has 1 saturated heterocycles. The lowest BCUT2D eigenvalue weighted by Gasteiger charge is -2.58. The molecule has 4 heteroatoms. The van der Waals surface area contributed by atoms with E-state index in [-0.39, 0.29) is 23.1 Å². The highest BCUT2D eigenvalue weighted by molar-refractivity contribution is 5.89. The summed E-state index contributed by atoms with van der Waals surface area (Å²) in [5.41, 5.74) is 2.27. The summed E-state index contributed by atoms with van der Waals surface area (Å²) >= 11 is 0. The van der Waals surface area contributed by atoms with Gasteiger partial charge in [0.05, 0.1) is 0 Å². The Hall–Kier alpha value is -1.55. The molecule has 0 radical (unpaired) electrons. The molecule has 2 bridgehead atoms. The molecule has 24 heavy (non-hydrogen) atoms. The Morgan fingerprint density at radius 3 is 3.04 bits per heavy atom. The summed E-state index contributed by atoms with van der Waals surface area (Å²) in [6.07, 6.45) is 3.20. The van der Waals surface area contributed by atoms with Crippen LogP contribution >= 0.6 is 0 Å². The minimum atomic E-state index is -0.373. The number of ketones is 1. The maximum Gasteiger partial charge on any atom is 0.174 e. The van der Waals surface area contributed by atoms with Crippen LogP contribution in [0.25, 0.3) is 0 Å². The summed E-state index contributed by atoms with van der Waals surface area (Å²) in [6, 6.07) is 4.31. The molecule has 4 nitrogen and oxygen atoms in total. The van der Waals surface area contributed by atoms with Crippen molar-refractivity contribution in [1.82, 2.24) is 4.90 Å². The maximum absolute atomic E-state index is 12.7. The van der Waals surface area contributed by atoms with Gasteiger partial charge < -0.3 is 9.84 Å². The van der Waals surface area contributed by atoms with Crippen LogP contribution in [0.4, 0.5) is 0 Å². The number of phenols is 1. The van der Waals surface area contributed by atoms with Crippen molar-refractivity contribution in [3.63, 3.8) is 0 Å². The van der Waals surface area contributed by atoms with Crippen LogP contribution in [0.15, 0.2) is 12.1 Å². The van der Waals surface area contributed by atoms with E-state index >= 15 is 0 Å². The van der Waals surface area contributed by atoms with Gasteiger partial charge in [-0.05, 0) is 49.3 Å². The highest BCUT2D eigenvalue weighted by Crippen LogP contribution is 2.63. The van der Waals surface area contributed by atoms with E-state index in [4.69, 9.17) is 4.74 Å². The number of benzene rings is 1. The zero-order valence-electron chi connectivity index (χ0n) is 14.4. The summed E-state index contributed by atoms with van der Waals surface area (Å²) in [4.78, 5) is 15.3. The average Bonchev–Trinajstić information content (AvgIpc) is 2.89. The first-order chi connectivity index (χ1) is 11.5. The molecule has 2 aliphatic heterocycles. The van der Waals surface area contributed by atoms with E-state index in [0.29, 0.717) is 30.0 Å². The molecule has 4 aliphatic rings. The van der Waals surface area contributed by atoms with Crippen LogP contribution in [0.2, 0.25) is 0 Å². The molecule has 2 heterocycles. The second kappa shape index (κ2) is 4.75. The van der Waals surface area contributed by atoms with Gasteiger partial charge in [-0.25, -0.2) is 0 Å². The van der Waals surface area contributed by atoms with E-state index in [1.54, 1.807) is 6.07 Å². The number of aromatic hydroxyl groups is 1. The van der Waals surface area contributed by atoms with Gasteiger partial charge in [0, 0.05) is 30.0 Å². The first kappa shape index (κ1) is 14.8. The number of phenolic OH excluding ortho intramolecular Hbond substituents is 1. The van der Waals surface area contributed by atoms with Crippen molar-refractivity contribution in [1.29, 1.82) is 0 Å². The van der Waals surface area contributed by atoms with Crippen molar-refractivity contribution in [3.8, 4) is 11.5 Å². The number of rotatable bonds is 2. The lowest BCUT2D eigenvalue weighted by Crippen LogP contribution is -2.66. The van der Waals surface area contributed by atoms with Crippen molar-refractivity contribution < 1.29 is 14.6 Å². The molecule has 2 aliphatic carbocycles. The predicted molar refractivity (Wildman–Crippen MR) is 90.5 cm³/mol. The molecular weight excluding hydrogens is 302 g/mol. The Morgan fingerprint density at radius 1 is 1.42 bits per heavy atom. The first-order valence-electron chi connectivity index (χ1n) is 9.31. The fourth-order valence-corrected chi connectivity index (χ4v) is 6.10. The van der Waals surface area contributed by atoms with Gasteiger partial charge in [0.1, 0.15) is 0 Å². The second-order valence-corrected chi connectivity index (χ2v) is 8.51. The number of Topliss-reactive ketones (excluding diaryl/α,β-unsaturated/α-hetero) is 1. The quantitative estimate of drug-likeness (QED) is 0.907. The van der Waals surface area contributed by atoms with Gasteiger partial charge in [-0.15, -0.1) is 0 Å². The van der Waals surface area contributed by atoms with Crippen molar-refractivity contribution in [3.05, 3.63) is 23.3 Å². The standard InChI is InChI=1S/C20H25NO3/c1-11(2)10-21-8-7-20-13-4-6-16(23)19(20)24-18-15(22)5-3-12(17(18)20)9-14(13)21/h3,5,11,13-14,19,22H,4,6-10H2,1-2H3/t13-,14+,19-,20-/m0/s1. The molecule has 1 aromatic rings. The molecule has 5 rings (SSSR count). The summed E-state index contributed by atoms with van der Waals surface area (Å²) in [5.74, 6) is 2.16.